The Hall–Kier alpha value is -0.750. The number of imide groups is 1. The first-order chi connectivity index (χ1) is 8.19. The van der Waals surface area contributed by atoms with Gasteiger partial charge >= 0.3 is 6.03 Å². The first-order valence-corrected chi connectivity index (χ1v) is 6.91. The van der Waals surface area contributed by atoms with E-state index in [0.717, 1.165) is 30.0 Å². The van der Waals surface area contributed by atoms with Crippen molar-refractivity contribution in [2.45, 2.75) is 45.0 Å². The zero-order valence-electron chi connectivity index (χ0n) is 10.4. The second kappa shape index (κ2) is 7.55. The zero-order chi connectivity index (χ0) is 12.7. The van der Waals surface area contributed by atoms with Crippen LogP contribution in [0.1, 0.15) is 39.5 Å². The number of amides is 3. The summed E-state index contributed by atoms with van der Waals surface area (Å²) in [5.41, 5.74) is -0.125. The van der Waals surface area contributed by atoms with Gasteiger partial charge in [0.1, 0.15) is 12.0 Å². The molecule has 0 aliphatic carbocycles. The second-order valence-electron chi connectivity index (χ2n) is 3.87. The predicted octanol–water partition coefficient (Wildman–Crippen LogP) is 2.13. The van der Waals surface area contributed by atoms with Crippen molar-refractivity contribution >= 4 is 23.9 Å². The molecule has 0 aromatic rings. The van der Waals surface area contributed by atoms with Gasteiger partial charge in [0.2, 0.25) is 0 Å². The number of nitrogens with zero attached hydrogens (tertiary/aromatic N) is 1. The van der Waals surface area contributed by atoms with Crippen molar-refractivity contribution in [2.75, 3.05) is 13.2 Å². The number of unbranched alkanes of at least 4 members (excludes halogenated alkanes) is 2. The van der Waals surface area contributed by atoms with Crippen molar-refractivity contribution in [2.24, 2.45) is 0 Å². The Kier molecular flexibility index (Phi) is 6.36. The molecule has 0 saturated carbocycles. The van der Waals surface area contributed by atoms with Gasteiger partial charge in [0.05, 0.1) is 0 Å². The first-order valence-electron chi connectivity index (χ1n) is 6.08. The highest BCUT2D eigenvalue weighted by atomic mass is 32.2. The molecule has 1 aliphatic heterocycles. The summed E-state index contributed by atoms with van der Waals surface area (Å²) in [5, 5.41) is 2.49. The third-order valence-electron chi connectivity index (χ3n) is 2.41. The third kappa shape index (κ3) is 4.55. The lowest BCUT2D eigenvalue weighted by Gasteiger charge is -2.19. The van der Waals surface area contributed by atoms with Crippen LogP contribution in [0.2, 0.25) is 0 Å². The Bertz CT molecular complexity index is 257. The minimum Gasteiger partial charge on any atom is -0.366 e. The minimum atomic E-state index is -0.337. The molecule has 3 amide bonds. The lowest BCUT2D eigenvalue weighted by Crippen LogP contribution is -2.27. The van der Waals surface area contributed by atoms with Crippen LogP contribution >= 0.6 is 11.9 Å². The maximum absolute atomic E-state index is 11.4. The highest BCUT2D eigenvalue weighted by molar-refractivity contribution is 7.98. The molecule has 98 valence electrons. The largest absolute Gasteiger partial charge is 0.366 e. The Balaban J connectivity index is 2.30. The summed E-state index contributed by atoms with van der Waals surface area (Å²) in [6, 6.07) is -0.337. The summed E-state index contributed by atoms with van der Waals surface area (Å²) in [6.45, 7) is 4.90. The molecule has 0 bridgehead atoms. The Morgan fingerprint density at radius 1 is 1.41 bits per heavy atom. The van der Waals surface area contributed by atoms with E-state index in [4.69, 9.17) is 4.74 Å². The Morgan fingerprint density at radius 3 is 2.71 bits per heavy atom. The minimum absolute atomic E-state index is 0.0953. The van der Waals surface area contributed by atoms with Crippen molar-refractivity contribution in [1.82, 2.24) is 9.62 Å². The van der Waals surface area contributed by atoms with Crippen molar-refractivity contribution in [1.29, 1.82) is 0 Å². The molecule has 1 saturated heterocycles. The molecule has 1 N–H and O–H groups in total. The van der Waals surface area contributed by atoms with Gasteiger partial charge in [-0.1, -0.05) is 26.7 Å². The summed E-state index contributed by atoms with van der Waals surface area (Å²) in [5.74, 6) is -0.199. The van der Waals surface area contributed by atoms with Gasteiger partial charge in [0.25, 0.3) is 5.91 Å². The van der Waals surface area contributed by atoms with Crippen LogP contribution in [0.25, 0.3) is 0 Å². The number of rotatable bonds is 8. The molecule has 0 aromatic heterocycles. The number of urea groups is 1. The molecule has 0 spiro atoms. The normalized spacial score (nSPS) is 17.4. The van der Waals surface area contributed by atoms with Crippen molar-refractivity contribution in [3.63, 3.8) is 0 Å². The van der Waals surface area contributed by atoms with Gasteiger partial charge in [-0.25, -0.2) is 9.10 Å². The summed E-state index contributed by atoms with van der Waals surface area (Å²) >= 11 is 1.18. The lowest BCUT2D eigenvalue weighted by atomic mass is 10.3. The van der Waals surface area contributed by atoms with E-state index in [1.165, 1.54) is 11.9 Å². The van der Waals surface area contributed by atoms with E-state index in [-0.39, 0.29) is 23.9 Å². The highest BCUT2D eigenvalue weighted by Crippen LogP contribution is 2.23. The van der Waals surface area contributed by atoms with E-state index >= 15 is 0 Å². The fourth-order valence-corrected chi connectivity index (χ4v) is 2.31. The van der Waals surface area contributed by atoms with E-state index in [1.807, 2.05) is 6.92 Å². The predicted molar refractivity (Wildman–Crippen MR) is 67.4 cm³/mol. The molecule has 0 radical (unpaired) electrons. The van der Waals surface area contributed by atoms with Crippen molar-refractivity contribution in [3.05, 3.63) is 0 Å². The van der Waals surface area contributed by atoms with E-state index in [1.54, 1.807) is 0 Å². The molecule has 0 aromatic carbocycles. The van der Waals surface area contributed by atoms with Gasteiger partial charge in [-0.15, -0.1) is 0 Å². The number of ether oxygens (including phenoxy) is 1. The number of hydrogen-bond donors (Lipinski definition) is 1. The molecule has 1 unspecified atom stereocenters. The lowest BCUT2D eigenvalue weighted by molar-refractivity contribution is -0.121. The van der Waals surface area contributed by atoms with E-state index in [9.17, 15) is 9.59 Å². The summed E-state index contributed by atoms with van der Waals surface area (Å²) in [7, 11) is 0. The van der Waals surface area contributed by atoms with Crippen LogP contribution in [0.15, 0.2) is 0 Å². The molecular weight excluding hydrogens is 240 g/mol. The topological polar surface area (TPSA) is 58.6 Å². The van der Waals surface area contributed by atoms with E-state index < -0.39 is 0 Å². The van der Waals surface area contributed by atoms with E-state index in [0.29, 0.717) is 6.61 Å². The molecule has 17 heavy (non-hydrogen) atoms. The summed E-state index contributed by atoms with van der Waals surface area (Å²) in [4.78, 5) is 22.7. The van der Waals surface area contributed by atoms with Crippen LogP contribution in [0.5, 0.6) is 0 Å². The average Bonchev–Trinajstić information content (AvgIpc) is 2.64. The number of carbonyl (C=O) groups is 2. The van der Waals surface area contributed by atoms with Gasteiger partial charge in [-0.2, -0.15) is 0 Å². The van der Waals surface area contributed by atoms with E-state index in [2.05, 4.69) is 12.2 Å². The van der Waals surface area contributed by atoms with Crippen LogP contribution in [-0.4, -0.2) is 34.8 Å². The third-order valence-corrected chi connectivity index (χ3v) is 3.69. The Labute approximate surface area is 106 Å². The number of nitrogens with one attached hydrogen (secondary N) is 1. The fourth-order valence-electron chi connectivity index (χ4n) is 1.42. The maximum atomic E-state index is 11.4. The summed E-state index contributed by atoms with van der Waals surface area (Å²) in [6.07, 6.45) is 4.09. The molecular formula is C11H20N2O3S. The van der Waals surface area contributed by atoms with Crippen molar-refractivity contribution < 1.29 is 14.3 Å². The fraction of sp³-hybridized carbons (Fsp3) is 0.818. The van der Waals surface area contributed by atoms with Crippen LogP contribution in [0.3, 0.4) is 0 Å². The monoisotopic (exact) mass is 260 g/mol. The number of hydrogen-bond acceptors (Lipinski definition) is 4. The molecule has 1 rings (SSSR count). The highest BCUT2D eigenvalue weighted by Gasteiger charge is 2.31. The van der Waals surface area contributed by atoms with Crippen LogP contribution in [-0.2, 0) is 9.53 Å². The van der Waals surface area contributed by atoms with Gasteiger partial charge in [0, 0.05) is 6.61 Å². The van der Waals surface area contributed by atoms with Crippen molar-refractivity contribution in [3.8, 4) is 0 Å². The van der Waals surface area contributed by atoms with Gasteiger partial charge in [-0.3, -0.25) is 4.79 Å². The first kappa shape index (κ1) is 14.3. The smallest absolute Gasteiger partial charge is 0.335 e. The van der Waals surface area contributed by atoms with Gasteiger partial charge < -0.3 is 10.1 Å². The quantitative estimate of drug-likeness (QED) is 0.314. The molecule has 1 fully saturated rings. The SMILES string of the molecule is CCCCCOC(CC)SN1C(=O)CNC1=O. The molecule has 5 nitrogen and oxygen atoms in total. The average molecular weight is 260 g/mol. The summed E-state index contributed by atoms with van der Waals surface area (Å²) < 4.78 is 6.80. The van der Waals surface area contributed by atoms with Crippen LogP contribution in [0.4, 0.5) is 4.79 Å². The van der Waals surface area contributed by atoms with Crippen LogP contribution in [0, 0.1) is 0 Å². The standard InChI is InChI=1S/C11H20N2O3S/c1-3-5-6-7-16-10(4-2)17-13-9(14)8-12-11(13)15/h10H,3-8H2,1-2H3,(H,12,15). The zero-order valence-corrected chi connectivity index (χ0v) is 11.2. The molecule has 1 atom stereocenters. The molecule has 1 aliphatic rings. The molecule has 1 heterocycles. The van der Waals surface area contributed by atoms with Gasteiger partial charge in [-0.05, 0) is 24.8 Å². The van der Waals surface area contributed by atoms with Gasteiger partial charge in [0.15, 0.2) is 0 Å². The number of carbonyl (C=O) groups excluding carboxylic acids is 2. The van der Waals surface area contributed by atoms with Crippen LogP contribution < -0.4 is 5.32 Å². The maximum Gasteiger partial charge on any atom is 0.335 e. The second-order valence-corrected chi connectivity index (χ2v) is 4.97. The molecule has 6 heteroatoms. The Morgan fingerprint density at radius 2 is 2.18 bits per heavy atom.